The van der Waals surface area contributed by atoms with E-state index in [9.17, 15) is 19.7 Å². The first kappa shape index (κ1) is 20.9. The number of nitrogens with zero attached hydrogens (tertiary/aromatic N) is 5. The molecule has 0 aliphatic carbocycles. The van der Waals surface area contributed by atoms with Crippen LogP contribution in [0, 0.1) is 10.1 Å². The van der Waals surface area contributed by atoms with E-state index in [2.05, 4.69) is 20.6 Å². The third-order valence-corrected chi connectivity index (χ3v) is 5.29. The van der Waals surface area contributed by atoms with Crippen LogP contribution in [0.3, 0.4) is 0 Å². The monoisotopic (exact) mass is 449 g/mol. The zero-order valence-corrected chi connectivity index (χ0v) is 17.2. The number of nitro groups is 1. The molecular formula is C20H15N7O4S. The molecule has 2 aromatic carbocycles. The summed E-state index contributed by atoms with van der Waals surface area (Å²) >= 11 is 1.14. The summed E-state index contributed by atoms with van der Waals surface area (Å²) in [5.41, 5.74) is 7.58. The molecule has 160 valence electrons. The Morgan fingerprint density at radius 2 is 1.88 bits per heavy atom. The smallest absolute Gasteiger partial charge is 0.270 e. The van der Waals surface area contributed by atoms with Crippen molar-refractivity contribution in [2.45, 2.75) is 5.16 Å². The van der Waals surface area contributed by atoms with Gasteiger partial charge in [0.25, 0.3) is 5.69 Å². The lowest BCUT2D eigenvalue weighted by atomic mass is 10.1. The highest BCUT2D eigenvalue weighted by molar-refractivity contribution is 7.99. The first-order valence-corrected chi connectivity index (χ1v) is 10.2. The Bertz CT molecular complexity index is 1340. The van der Waals surface area contributed by atoms with Gasteiger partial charge in [-0.1, -0.05) is 23.9 Å². The highest BCUT2D eigenvalue weighted by Gasteiger charge is 2.13. The average molecular weight is 449 g/mol. The van der Waals surface area contributed by atoms with Gasteiger partial charge in [0.05, 0.1) is 16.4 Å². The molecule has 0 bridgehead atoms. The number of primary amides is 1. The number of nitrogens with one attached hydrogen (secondary N) is 1. The molecule has 2 amide bonds. The summed E-state index contributed by atoms with van der Waals surface area (Å²) in [4.78, 5) is 34.0. The number of fused-ring (bicyclic) bond motifs is 1. The zero-order chi connectivity index (χ0) is 22.7. The number of non-ortho nitro benzene ring substituents is 1. The number of anilines is 1. The zero-order valence-electron chi connectivity index (χ0n) is 16.3. The van der Waals surface area contributed by atoms with E-state index in [1.165, 1.54) is 28.8 Å². The predicted molar refractivity (Wildman–Crippen MR) is 117 cm³/mol. The summed E-state index contributed by atoms with van der Waals surface area (Å²) in [6.07, 6.45) is 0. The second kappa shape index (κ2) is 8.81. The molecule has 0 unspecified atom stereocenters. The molecule has 0 aliphatic rings. The lowest BCUT2D eigenvalue weighted by Gasteiger charge is -2.05. The van der Waals surface area contributed by atoms with Crippen LogP contribution in [0.15, 0.2) is 65.8 Å². The molecule has 0 saturated carbocycles. The van der Waals surface area contributed by atoms with E-state index in [1.54, 1.807) is 36.4 Å². The molecule has 0 fully saturated rings. The van der Waals surface area contributed by atoms with Crippen LogP contribution in [-0.4, -0.2) is 42.3 Å². The largest absolute Gasteiger partial charge is 0.366 e. The molecule has 4 aromatic rings. The van der Waals surface area contributed by atoms with E-state index in [0.29, 0.717) is 33.3 Å². The predicted octanol–water partition coefficient (Wildman–Crippen LogP) is 2.53. The topological polar surface area (TPSA) is 158 Å². The average Bonchev–Trinajstić information content (AvgIpc) is 3.20. The van der Waals surface area contributed by atoms with Crippen LogP contribution in [0.2, 0.25) is 0 Å². The number of thioether (sulfide) groups is 1. The molecule has 4 rings (SSSR count). The molecular weight excluding hydrogens is 434 g/mol. The molecule has 0 saturated heterocycles. The maximum atomic E-state index is 12.3. The molecule has 0 spiro atoms. The fraction of sp³-hybridized carbons (Fsp3) is 0.0500. The van der Waals surface area contributed by atoms with Gasteiger partial charge in [-0.15, -0.1) is 10.2 Å². The van der Waals surface area contributed by atoms with Gasteiger partial charge in [-0.3, -0.25) is 19.7 Å². The van der Waals surface area contributed by atoms with E-state index in [4.69, 9.17) is 5.73 Å². The van der Waals surface area contributed by atoms with Crippen molar-refractivity contribution in [3.63, 3.8) is 0 Å². The fourth-order valence-corrected chi connectivity index (χ4v) is 3.52. The van der Waals surface area contributed by atoms with Crippen molar-refractivity contribution in [3.05, 3.63) is 76.3 Å². The fourth-order valence-electron chi connectivity index (χ4n) is 2.84. The number of benzene rings is 2. The van der Waals surface area contributed by atoms with E-state index in [-0.39, 0.29) is 17.3 Å². The van der Waals surface area contributed by atoms with Crippen LogP contribution < -0.4 is 11.1 Å². The van der Waals surface area contributed by atoms with E-state index in [0.717, 1.165) is 11.8 Å². The van der Waals surface area contributed by atoms with E-state index >= 15 is 0 Å². The van der Waals surface area contributed by atoms with Crippen LogP contribution in [0.25, 0.3) is 16.9 Å². The van der Waals surface area contributed by atoms with Gasteiger partial charge >= 0.3 is 0 Å². The number of hydrogen-bond donors (Lipinski definition) is 2. The second-order valence-corrected chi connectivity index (χ2v) is 7.50. The summed E-state index contributed by atoms with van der Waals surface area (Å²) in [6.45, 7) is 0. The molecule has 32 heavy (non-hydrogen) atoms. The molecule has 3 N–H and O–H groups in total. The third kappa shape index (κ3) is 4.54. The first-order valence-electron chi connectivity index (χ1n) is 9.20. The van der Waals surface area contributed by atoms with Gasteiger partial charge in [0.2, 0.25) is 17.0 Å². The van der Waals surface area contributed by atoms with Crippen molar-refractivity contribution in [1.82, 2.24) is 19.8 Å². The Hall–Kier alpha value is -4.32. The normalized spacial score (nSPS) is 10.8. The third-order valence-electron chi connectivity index (χ3n) is 4.37. The van der Waals surface area contributed by atoms with Crippen LogP contribution in [-0.2, 0) is 4.79 Å². The van der Waals surface area contributed by atoms with Crippen LogP contribution in [0.4, 0.5) is 11.4 Å². The van der Waals surface area contributed by atoms with Gasteiger partial charge in [-0.2, -0.15) is 9.61 Å². The Kier molecular flexibility index (Phi) is 5.77. The van der Waals surface area contributed by atoms with Crippen LogP contribution >= 0.6 is 11.8 Å². The summed E-state index contributed by atoms with van der Waals surface area (Å²) in [6, 6.07) is 15.7. The minimum Gasteiger partial charge on any atom is -0.366 e. The minimum atomic E-state index is -0.547. The minimum absolute atomic E-state index is 0.0386. The lowest BCUT2D eigenvalue weighted by molar-refractivity contribution is -0.384. The first-order chi connectivity index (χ1) is 15.4. The molecule has 0 atom stereocenters. The van der Waals surface area contributed by atoms with Gasteiger partial charge in [0.1, 0.15) is 0 Å². The van der Waals surface area contributed by atoms with E-state index < -0.39 is 10.8 Å². The summed E-state index contributed by atoms with van der Waals surface area (Å²) < 4.78 is 1.48. The number of rotatable bonds is 7. The van der Waals surface area contributed by atoms with Gasteiger partial charge in [-0.25, -0.2) is 0 Å². The molecule has 2 aromatic heterocycles. The summed E-state index contributed by atoms with van der Waals surface area (Å²) in [5, 5.41) is 26.7. The number of aromatic nitrogens is 4. The quantitative estimate of drug-likeness (QED) is 0.247. The van der Waals surface area contributed by atoms with Gasteiger partial charge < -0.3 is 11.1 Å². The number of amides is 2. The van der Waals surface area contributed by atoms with Crippen molar-refractivity contribution in [3.8, 4) is 11.3 Å². The summed E-state index contributed by atoms with van der Waals surface area (Å²) in [7, 11) is 0. The number of carbonyl (C=O) groups is 2. The SMILES string of the molecule is NC(=O)c1ccc(NC(=O)CSc2nnc3ccc(-c4cccc([N+](=O)[O-])c4)nn23)cc1. The number of nitro benzene ring substituents is 1. The van der Waals surface area contributed by atoms with Crippen molar-refractivity contribution >= 4 is 40.6 Å². The van der Waals surface area contributed by atoms with Gasteiger partial charge in [-0.05, 0) is 36.4 Å². The Balaban J connectivity index is 1.48. The van der Waals surface area contributed by atoms with Crippen molar-refractivity contribution in [1.29, 1.82) is 0 Å². The standard InChI is InChI=1S/C20H15N7O4S/c21-19(29)12-4-6-14(7-5-12)22-18(28)11-32-20-24-23-17-9-8-16(25-26(17)20)13-2-1-3-15(10-13)27(30)31/h1-10H,11H2,(H2,21,29)(H,22,28). The van der Waals surface area contributed by atoms with Crippen molar-refractivity contribution in [2.24, 2.45) is 5.73 Å². The highest BCUT2D eigenvalue weighted by atomic mass is 32.2. The summed E-state index contributed by atoms with van der Waals surface area (Å²) in [5.74, 6) is -0.788. The Morgan fingerprint density at radius 3 is 2.59 bits per heavy atom. The number of carbonyl (C=O) groups excluding carboxylic acids is 2. The maximum absolute atomic E-state index is 12.3. The molecule has 2 heterocycles. The van der Waals surface area contributed by atoms with E-state index in [1.807, 2.05) is 0 Å². The number of nitrogens with two attached hydrogens (primary N) is 1. The van der Waals surface area contributed by atoms with Crippen LogP contribution in [0.5, 0.6) is 0 Å². The molecule has 12 heteroatoms. The molecule has 11 nitrogen and oxygen atoms in total. The highest BCUT2D eigenvalue weighted by Crippen LogP contribution is 2.24. The lowest BCUT2D eigenvalue weighted by Crippen LogP contribution is -2.15. The Morgan fingerprint density at radius 1 is 1.09 bits per heavy atom. The Labute approximate surface area is 184 Å². The molecule has 0 radical (unpaired) electrons. The van der Waals surface area contributed by atoms with Crippen molar-refractivity contribution in [2.75, 3.05) is 11.1 Å². The van der Waals surface area contributed by atoms with Crippen molar-refractivity contribution < 1.29 is 14.5 Å². The maximum Gasteiger partial charge on any atom is 0.270 e. The van der Waals surface area contributed by atoms with Gasteiger partial charge in [0, 0.05) is 28.9 Å². The van der Waals surface area contributed by atoms with Gasteiger partial charge in [0.15, 0.2) is 5.65 Å². The number of hydrogen-bond acceptors (Lipinski definition) is 8. The molecule has 0 aliphatic heterocycles. The van der Waals surface area contributed by atoms with Crippen LogP contribution in [0.1, 0.15) is 10.4 Å². The second-order valence-electron chi connectivity index (χ2n) is 6.56.